The fourth-order valence-electron chi connectivity index (χ4n) is 1.15. The molecule has 0 amide bonds. The Balaban J connectivity index is 2.67. The van der Waals surface area contributed by atoms with Gasteiger partial charge in [-0.05, 0) is 19.3 Å². The van der Waals surface area contributed by atoms with Gasteiger partial charge < -0.3 is 0 Å². The van der Waals surface area contributed by atoms with Crippen LogP contribution in [0.1, 0.15) is 19.3 Å². The maximum Gasteiger partial charge on any atom is 0.270 e. The Morgan fingerprint density at radius 2 is 2.36 bits per heavy atom. The first-order valence-corrected chi connectivity index (χ1v) is 5.13. The smallest absolute Gasteiger partial charge is 0.270 e. The van der Waals surface area contributed by atoms with E-state index in [1.807, 2.05) is 0 Å². The van der Waals surface area contributed by atoms with Crippen molar-refractivity contribution < 1.29 is 12.6 Å². The van der Waals surface area contributed by atoms with Crippen molar-refractivity contribution in [2.45, 2.75) is 24.5 Å². The monoisotopic (exact) mass is 176 g/mol. The lowest BCUT2D eigenvalue weighted by molar-refractivity contribution is 0.275. The van der Waals surface area contributed by atoms with E-state index in [1.165, 1.54) is 0 Å². The van der Waals surface area contributed by atoms with Crippen molar-refractivity contribution in [3.8, 4) is 0 Å². The van der Waals surface area contributed by atoms with Crippen LogP contribution in [-0.2, 0) is 14.3 Å². The van der Waals surface area contributed by atoms with Crippen molar-refractivity contribution in [2.24, 2.45) is 0 Å². The molecule has 1 aliphatic rings. The SMILES string of the molecule is C=CCC1CCCOS1(=O)=O. The Morgan fingerprint density at radius 3 is 2.91 bits per heavy atom. The summed E-state index contributed by atoms with van der Waals surface area (Å²) < 4.78 is 26.9. The van der Waals surface area contributed by atoms with E-state index < -0.39 is 10.1 Å². The minimum Gasteiger partial charge on any atom is -0.270 e. The molecule has 0 N–H and O–H groups in total. The van der Waals surface area contributed by atoms with Crippen LogP contribution in [0.3, 0.4) is 0 Å². The zero-order valence-electron chi connectivity index (χ0n) is 6.32. The summed E-state index contributed by atoms with van der Waals surface area (Å²) in [4.78, 5) is 0. The lowest BCUT2D eigenvalue weighted by Crippen LogP contribution is -2.28. The molecule has 4 heteroatoms. The molecule has 11 heavy (non-hydrogen) atoms. The van der Waals surface area contributed by atoms with Gasteiger partial charge in [0.15, 0.2) is 0 Å². The van der Waals surface area contributed by atoms with Gasteiger partial charge in [0.25, 0.3) is 10.1 Å². The summed E-state index contributed by atoms with van der Waals surface area (Å²) in [6, 6.07) is 0. The molecule has 1 saturated heterocycles. The third-order valence-electron chi connectivity index (χ3n) is 1.76. The van der Waals surface area contributed by atoms with Crippen LogP contribution in [0.4, 0.5) is 0 Å². The second kappa shape index (κ2) is 3.36. The summed E-state index contributed by atoms with van der Waals surface area (Å²) >= 11 is 0. The zero-order chi connectivity index (χ0) is 8.32. The van der Waals surface area contributed by atoms with E-state index in [-0.39, 0.29) is 5.25 Å². The summed E-state index contributed by atoms with van der Waals surface area (Å²) in [6.07, 6.45) is 3.66. The number of hydrogen-bond donors (Lipinski definition) is 0. The quantitative estimate of drug-likeness (QED) is 0.467. The minimum absolute atomic E-state index is 0.343. The van der Waals surface area contributed by atoms with Crippen LogP contribution in [0.2, 0.25) is 0 Å². The van der Waals surface area contributed by atoms with Crippen LogP contribution in [0.15, 0.2) is 12.7 Å². The highest BCUT2D eigenvalue weighted by atomic mass is 32.2. The first-order valence-electron chi connectivity index (χ1n) is 3.66. The number of allylic oxidation sites excluding steroid dienone is 1. The van der Waals surface area contributed by atoms with Crippen LogP contribution in [0.5, 0.6) is 0 Å². The number of hydrogen-bond acceptors (Lipinski definition) is 3. The molecule has 0 aromatic rings. The summed E-state index contributed by atoms with van der Waals surface area (Å²) in [5.74, 6) is 0. The molecule has 0 bridgehead atoms. The van der Waals surface area contributed by atoms with Gasteiger partial charge in [-0.25, -0.2) is 0 Å². The van der Waals surface area contributed by atoms with Crippen LogP contribution >= 0.6 is 0 Å². The van der Waals surface area contributed by atoms with Crippen molar-refractivity contribution in [3.63, 3.8) is 0 Å². The first-order chi connectivity index (χ1) is 5.17. The van der Waals surface area contributed by atoms with Gasteiger partial charge in [-0.3, -0.25) is 4.18 Å². The molecule has 0 radical (unpaired) electrons. The van der Waals surface area contributed by atoms with Crippen molar-refractivity contribution in [1.82, 2.24) is 0 Å². The lowest BCUT2D eigenvalue weighted by Gasteiger charge is -2.20. The van der Waals surface area contributed by atoms with Crippen LogP contribution < -0.4 is 0 Å². The molecule has 1 atom stereocenters. The van der Waals surface area contributed by atoms with Crippen LogP contribution in [0, 0.1) is 0 Å². The standard InChI is InChI=1S/C7H12O3S/c1-2-4-7-5-3-6-10-11(7,8)9/h2,7H,1,3-6H2. The molecule has 0 saturated carbocycles. The predicted molar refractivity (Wildman–Crippen MR) is 42.7 cm³/mol. The summed E-state index contributed by atoms with van der Waals surface area (Å²) in [7, 11) is -3.26. The first kappa shape index (κ1) is 8.74. The van der Waals surface area contributed by atoms with E-state index in [4.69, 9.17) is 0 Å². The maximum atomic E-state index is 11.1. The van der Waals surface area contributed by atoms with Gasteiger partial charge in [0, 0.05) is 0 Å². The Labute approximate surface area is 67.2 Å². The predicted octanol–water partition coefficient (Wildman–Crippen LogP) is 1.07. The Hall–Kier alpha value is -0.350. The fourth-order valence-corrected chi connectivity index (χ4v) is 2.52. The molecule has 1 unspecified atom stereocenters. The van der Waals surface area contributed by atoms with E-state index in [0.29, 0.717) is 19.4 Å². The van der Waals surface area contributed by atoms with Gasteiger partial charge in [-0.1, -0.05) is 6.08 Å². The lowest BCUT2D eigenvalue weighted by atomic mass is 10.2. The van der Waals surface area contributed by atoms with Crippen molar-refractivity contribution in [1.29, 1.82) is 0 Å². The van der Waals surface area contributed by atoms with E-state index in [9.17, 15) is 8.42 Å². The van der Waals surface area contributed by atoms with E-state index in [2.05, 4.69) is 10.8 Å². The molecule has 1 fully saturated rings. The molecule has 0 aliphatic carbocycles. The van der Waals surface area contributed by atoms with E-state index >= 15 is 0 Å². The molecular weight excluding hydrogens is 164 g/mol. The van der Waals surface area contributed by atoms with Gasteiger partial charge in [0.2, 0.25) is 0 Å². The van der Waals surface area contributed by atoms with Gasteiger partial charge in [0.05, 0.1) is 11.9 Å². The average molecular weight is 176 g/mol. The van der Waals surface area contributed by atoms with Gasteiger partial charge in [0.1, 0.15) is 0 Å². The molecule has 0 aromatic carbocycles. The normalized spacial score (nSPS) is 29.6. The van der Waals surface area contributed by atoms with Gasteiger partial charge >= 0.3 is 0 Å². The highest BCUT2D eigenvalue weighted by molar-refractivity contribution is 7.87. The van der Waals surface area contributed by atoms with E-state index in [0.717, 1.165) is 6.42 Å². The van der Waals surface area contributed by atoms with Crippen molar-refractivity contribution in [2.75, 3.05) is 6.61 Å². The molecule has 1 heterocycles. The highest BCUT2D eigenvalue weighted by Gasteiger charge is 2.28. The third-order valence-corrected chi connectivity index (χ3v) is 3.50. The van der Waals surface area contributed by atoms with Gasteiger partial charge in [-0.15, -0.1) is 6.58 Å². The molecule has 0 aromatic heterocycles. The second-order valence-corrected chi connectivity index (χ2v) is 4.49. The van der Waals surface area contributed by atoms with Crippen molar-refractivity contribution >= 4 is 10.1 Å². The highest BCUT2D eigenvalue weighted by Crippen LogP contribution is 2.20. The van der Waals surface area contributed by atoms with Crippen LogP contribution in [-0.4, -0.2) is 20.3 Å². The summed E-state index contributed by atoms with van der Waals surface area (Å²) in [5.41, 5.74) is 0. The van der Waals surface area contributed by atoms with Gasteiger partial charge in [-0.2, -0.15) is 8.42 Å². The number of rotatable bonds is 2. The summed E-state index contributed by atoms with van der Waals surface area (Å²) in [6.45, 7) is 3.84. The van der Waals surface area contributed by atoms with Crippen LogP contribution in [0.25, 0.3) is 0 Å². The summed E-state index contributed by atoms with van der Waals surface area (Å²) in [5, 5.41) is -0.353. The molecule has 0 spiro atoms. The van der Waals surface area contributed by atoms with Crippen molar-refractivity contribution in [3.05, 3.63) is 12.7 Å². The molecular formula is C7H12O3S. The second-order valence-electron chi connectivity index (χ2n) is 2.60. The minimum atomic E-state index is -3.26. The topological polar surface area (TPSA) is 43.4 Å². The maximum absolute atomic E-state index is 11.1. The zero-order valence-corrected chi connectivity index (χ0v) is 7.14. The molecule has 1 aliphatic heterocycles. The molecule has 64 valence electrons. The molecule has 1 rings (SSSR count). The average Bonchev–Trinajstić information content (AvgIpc) is 1.94. The fraction of sp³-hybridized carbons (Fsp3) is 0.714. The molecule has 3 nitrogen and oxygen atoms in total. The Morgan fingerprint density at radius 1 is 1.64 bits per heavy atom. The largest absolute Gasteiger partial charge is 0.270 e. The van der Waals surface area contributed by atoms with E-state index in [1.54, 1.807) is 6.08 Å². The Kier molecular flexibility index (Phi) is 2.67. The third kappa shape index (κ3) is 2.04. The Bertz CT molecular complexity index is 230.